The zero-order valence-corrected chi connectivity index (χ0v) is 30.7. The summed E-state index contributed by atoms with van der Waals surface area (Å²) < 4.78 is 35.8. The number of ether oxygens (including phenoxy) is 1. The van der Waals surface area contributed by atoms with Crippen LogP contribution in [0, 0.1) is 6.92 Å². The van der Waals surface area contributed by atoms with E-state index in [0.29, 0.717) is 22.1 Å². The van der Waals surface area contributed by atoms with E-state index in [1.807, 2.05) is 88.4 Å². The minimum atomic E-state index is -4.27. The predicted molar refractivity (Wildman–Crippen MR) is 203 cm³/mol. The van der Waals surface area contributed by atoms with Crippen molar-refractivity contribution in [1.29, 1.82) is 0 Å². The van der Waals surface area contributed by atoms with Crippen molar-refractivity contribution in [3.05, 3.63) is 155 Å². The van der Waals surface area contributed by atoms with E-state index >= 15 is 0 Å². The zero-order valence-electron chi connectivity index (χ0n) is 29.1. The largest absolute Gasteiger partial charge is 0.457 e. The van der Waals surface area contributed by atoms with Crippen molar-refractivity contribution < 1.29 is 22.7 Å². The van der Waals surface area contributed by atoms with Crippen molar-refractivity contribution in [3.63, 3.8) is 0 Å². The predicted octanol–water partition coefficient (Wildman–Crippen LogP) is 8.19. The molecule has 0 spiro atoms. The van der Waals surface area contributed by atoms with Gasteiger partial charge in [0.25, 0.3) is 10.0 Å². The van der Waals surface area contributed by atoms with Crippen molar-refractivity contribution in [3.8, 4) is 11.5 Å². The molecule has 0 bridgehead atoms. The van der Waals surface area contributed by atoms with Crippen LogP contribution >= 0.6 is 11.6 Å². The monoisotopic (exact) mass is 723 g/mol. The Morgan fingerprint density at radius 3 is 1.94 bits per heavy atom. The fraction of sp³-hybridized carbons (Fsp3) is 0.220. The third-order valence-electron chi connectivity index (χ3n) is 8.06. The van der Waals surface area contributed by atoms with Gasteiger partial charge in [-0.1, -0.05) is 96.0 Å². The van der Waals surface area contributed by atoms with E-state index in [2.05, 4.69) is 5.32 Å². The molecular weight excluding hydrogens is 682 g/mol. The van der Waals surface area contributed by atoms with Crippen molar-refractivity contribution in [2.45, 2.75) is 57.1 Å². The van der Waals surface area contributed by atoms with E-state index in [-0.39, 0.29) is 29.5 Å². The Morgan fingerprint density at radius 1 is 0.765 bits per heavy atom. The minimum Gasteiger partial charge on any atom is -0.457 e. The molecule has 5 aromatic carbocycles. The first-order valence-electron chi connectivity index (χ1n) is 16.6. The van der Waals surface area contributed by atoms with Crippen LogP contribution in [0.2, 0.25) is 5.02 Å². The number of halogens is 1. The standard InChI is InChI=1S/C41H42ClN3O5S/c1-30-19-25-36(26-20-30)51(48,49)45(33-21-23-35(24-22-33)50-34-16-9-6-10-17-34)29-39(46)44(28-32-15-11-12-18-37(32)42)38(40(47)43-41(2,3)4)27-31-13-7-5-8-14-31/h5-26,38H,27-29H2,1-4H3,(H,43,47)/t38-/m1/s1. The van der Waals surface area contributed by atoms with E-state index < -0.39 is 34.1 Å². The van der Waals surface area contributed by atoms with Crippen molar-refractivity contribution in [2.75, 3.05) is 10.8 Å². The second kappa shape index (κ2) is 16.3. The molecule has 10 heteroatoms. The third kappa shape index (κ3) is 9.99. The Labute approximate surface area is 305 Å². The van der Waals surface area contributed by atoms with Gasteiger partial charge in [-0.3, -0.25) is 13.9 Å². The van der Waals surface area contributed by atoms with Crippen LogP contribution < -0.4 is 14.4 Å². The van der Waals surface area contributed by atoms with Crippen molar-refractivity contribution >= 4 is 39.1 Å². The van der Waals surface area contributed by atoms with Gasteiger partial charge < -0.3 is 15.0 Å². The molecule has 0 radical (unpaired) electrons. The highest BCUT2D eigenvalue weighted by Gasteiger charge is 2.36. The highest BCUT2D eigenvalue weighted by atomic mass is 35.5. The van der Waals surface area contributed by atoms with Crippen LogP contribution in [-0.2, 0) is 32.6 Å². The molecule has 0 aliphatic carbocycles. The normalized spacial score (nSPS) is 12.1. The summed E-state index contributed by atoms with van der Waals surface area (Å²) in [6.45, 7) is 6.85. The second-order valence-electron chi connectivity index (χ2n) is 13.3. The quantitative estimate of drug-likeness (QED) is 0.132. The Balaban J connectivity index is 1.57. The molecule has 264 valence electrons. The molecule has 0 saturated heterocycles. The summed E-state index contributed by atoms with van der Waals surface area (Å²) in [7, 11) is -4.27. The fourth-order valence-corrected chi connectivity index (χ4v) is 7.10. The molecule has 8 nitrogen and oxygen atoms in total. The number of carbonyl (C=O) groups is 2. The minimum absolute atomic E-state index is 0.0227. The average Bonchev–Trinajstić information content (AvgIpc) is 3.10. The summed E-state index contributed by atoms with van der Waals surface area (Å²) in [5, 5.41) is 3.46. The molecule has 0 heterocycles. The Kier molecular flexibility index (Phi) is 11.8. The molecule has 5 aromatic rings. The number of nitrogens with zero attached hydrogens (tertiary/aromatic N) is 2. The van der Waals surface area contributed by atoms with Crippen LogP contribution in [0.4, 0.5) is 5.69 Å². The summed E-state index contributed by atoms with van der Waals surface area (Å²) in [6.07, 6.45) is 0.190. The van der Waals surface area contributed by atoms with Crippen LogP contribution in [-0.4, -0.2) is 43.3 Å². The molecule has 0 aliphatic heterocycles. The Morgan fingerprint density at radius 2 is 1.33 bits per heavy atom. The summed E-state index contributed by atoms with van der Waals surface area (Å²) >= 11 is 6.61. The first-order valence-corrected chi connectivity index (χ1v) is 18.4. The number of hydrogen-bond donors (Lipinski definition) is 1. The van der Waals surface area contributed by atoms with E-state index in [0.717, 1.165) is 15.4 Å². The number of nitrogens with one attached hydrogen (secondary N) is 1. The van der Waals surface area contributed by atoms with Gasteiger partial charge in [-0.2, -0.15) is 0 Å². The Hall–Kier alpha value is -5.12. The van der Waals surface area contributed by atoms with Gasteiger partial charge in [0.2, 0.25) is 11.8 Å². The lowest BCUT2D eigenvalue weighted by molar-refractivity contribution is -0.140. The van der Waals surface area contributed by atoms with E-state index in [1.54, 1.807) is 60.7 Å². The van der Waals surface area contributed by atoms with E-state index in [4.69, 9.17) is 16.3 Å². The molecule has 2 amide bonds. The highest BCUT2D eigenvalue weighted by Crippen LogP contribution is 2.29. The van der Waals surface area contributed by atoms with Crippen LogP contribution in [0.3, 0.4) is 0 Å². The summed E-state index contributed by atoms with van der Waals surface area (Å²) in [4.78, 5) is 30.3. The van der Waals surface area contributed by atoms with Gasteiger partial charge in [0.05, 0.1) is 10.6 Å². The maximum Gasteiger partial charge on any atom is 0.264 e. The molecule has 1 N–H and O–H groups in total. The molecule has 0 aliphatic rings. The molecule has 0 fully saturated rings. The fourth-order valence-electron chi connectivity index (χ4n) is 5.49. The number of anilines is 1. The van der Waals surface area contributed by atoms with Gasteiger partial charge >= 0.3 is 0 Å². The van der Waals surface area contributed by atoms with Gasteiger partial charge in [0, 0.05) is 23.5 Å². The van der Waals surface area contributed by atoms with Gasteiger partial charge in [0.1, 0.15) is 24.1 Å². The van der Waals surface area contributed by atoms with Gasteiger partial charge in [-0.15, -0.1) is 0 Å². The number of hydrogen-bond acceptors (Lipinski definition) is 5. The lowest BCUT2D eigenvalue weighted by Crippen LogP contribution is -2.56. The molecule has 1 atom stereocenters. The molecule has 0 unspecified atom stereocenters. The third-order valence-corrected chi connectivity index (χ3v) is 10.2. The molecular formula is C41H42ClN3O5S. The lowest BCUT2D eigenvalue weighted by atomic mass is 10.0. The number of rotatable bonds is 13. The maximum atomic E-state index is 14.8. The van der Waals surface area contributed by atoms with Crippen LogP contribution in [0.25, 0.3) is 0 Å². The number of carbonyl (C=O) groups excluding carboxylic acids is 2. The number of amides is 2. The summed E-state index contributed by atoms with van der Waals surface area (Å²) in [5.41, 5.74) is 1.99. The zero-order chi connectivity index (χ0) is 36.6. The van der Waals surface area contributed by atoms with Crippen LogP contribution in [0.15, 0.2) is 138 Å². The highest BCUT2D eigenvalue weighted by molar-refractivity contribution is 7.92. The summed E-state index contributed by atoms with van der Waals surface area (Å²) in [5.74, 6) is 0.158. The smallest absolute Gasteiger partial charge is 0.264 e. The second-order valence-corrected chi connectivity index (χ2v) is 15.6. The number of sulfonamides is 1. The first-order chi connectivity index (χ1) is 24.3. The van der Waals surface area contributed by atoms with E-state index in [1.165, 1.54) is 17.0 Å². The van der Waals surface area contributed by atoms with Gasteiger partial charge in [0.15, 0.2) is 0 Å². The maximum absolute atomic E-state index is 14.8. The number of aryl methyl sites for hydroxylation is 1. The molecule has 0 saturated carbocycles. The van der Waals surface area contributed by atoms with Crippen LogP contribution in [0.5, 0.6) is 11.5 Å². The molecule has 51 heavy (non-hydrogen) atoms. The lowest BCUT2D eigenvalue weighted by Gasteiger charge is -2.35. The molecule has 0 aromatic heterocycles. The van der Waals surface area contributed by atoms with Crippen molar-refractivity contribution in [1.82, 2.24) is 10.2 Å². The van der Waals surface area contributed by atoms with Gasteiger partial charge in [-0.05, 0) is 93.4 Å². The number of benzene rings is 5. The Bertz CT molecular complexity index is 2030. The number of para-hydroxylation sites is 1. The van der Waals surface area contributed by atoms with Gasteiger partial charge in [-0.25, -0.2) is 8.42 Å². The SMILES string of the molecule is Cc1ccc(S(=O)(=O)N(CC(=O)N(Cc2ccccc2Cl)[C@H](Cc2ccccc2)C(=O)NC(C)(C)C)c2ccc(Oc3ccccc3)cc2)cc1. The average molecular weight is 724 g/mol. The van der Waals surface area contributed by atoms with E-state index in [9.17, 15) is 18.0 Å². The topological polar surface area (TPSA) is 96.0 Å². The molecule has 5 rings (SSSR count). The summed E-state index contributed by atoms with van der Waals surface area (Å²) in [6, 6.07) is 37.7. The van der Waals surface area contributed by atoms with Crippen LogP contribution in [0.1, 0.15) is 37.5 Å². The van der Waals surface area contributed by atoms with Crippen molar-refractivity contribution in [2.24, 2.45) is 0 Å². The first kappa shape index (κ1) is 37.1.